The number of carbonyl (C=O) groups is 1. The average molecular weight is 706 g/mol. The highest BCUT2D eigenvalue weighted by Crippen LogP contribution is 2.78. The summed E-state index contributed by atoms with van der Waals surface area (Å²) < 4.78 is 25.6. The maximum Gasteiger partial charge on any atom is 0.513 e. The molecule has 7 aliphatic rings. The second kappa shape index (κ2) is 12.1. The fourth-order valence-corrected chi connectivity index (χ4v) is 11.7. The Hall–Kier alpha value is -3.39. The van der Waals surface area contributed by atoms with Crippen LogP contribution in [0, 0.1) is 22.7 Å². The summed E-state index contributed by atoms with van der Waals surface area (Å²) in [6.45, 7) is 10.9. The molecule has 3 aromatic rings. The van der Waals surface area contributed by atoms with Crippen LogP contribution in [0.25, 0.3) is 11.1 Å². The summed E-state index contributed by atoms with van der Waals surface area (Å²) in [6, 6.07) is 23.4. The van der Waals surface area contributed by atoms with E-state index in [4.69, 9.17) is 18.9 Å². The molecule has 2 heterocycles. The molecule has 276 valence electrons. The third kappa shape index (κ3) is 4.90. The Morgan fingerprint density at radius 2 is 1.71 bits per heavy atom. The second-order valence-electron chi connectivity index (χ2n) is 18.1. The van der Waals surface area contributed by atoms with E-state index in [0.29, 0.717) is 24.0 Å². The lowest BCUT2D eigenvalue weighted by atomic mass is 9.33. The molecule has 5 fully saturated rings. The van der Waals surface area contributed by atoms with E-state index in [2.05, 4.69) is 80.3 Å². The summed E-state index contributed by atoms with van der Waals surface area (Å²) in [5.41, 5.74) is 3.78. The van der Waals surface area contributed by atoms with Gasteiger partial charge in [-0.1, -0.05) is 81.4 Å². The van der Waals surface area contributed by atoms with E-state index in [1.54, 1.807) is 0 Å². The number of hydrogen-bond acceptors (Lipinski definition) is 7. The minimum atomic E-state index is -0.987. The van der Waals surface area contributed by atoms with Gasteiger partial charge < -0.3 is 24.1 Å². The Bertz CT molecular complexity index is 1850. The van der Waals surface area contributed by atoms with E-state index >= 15 is 0 Å². The first kappa shape index (κ1) is 34.4. The van der Waals surface area contributed by atoms with Gasteiger partial charge in [0.2, 0.25) is 0 Å². The fraction of sp³-hybridized carbons (Fsp3) is 0.578. The molecule has 7 nitrogen and oxygen atoms in total. The highest BCUT2D eigenvalue weighted by Gasteiger charge is 2.82. The van der Waals surface area contributed by atoms with Gasteiger partial charge in [0.15, 0.2) is 11.5 Å². The number of rotatable bonds is 10. The van der Waals surface area contributed by atoms with Crippen molar-refractivity contribution < 1.29 is 28.8 Å². The molecular formula is C45H55NO6. The van der Waals surface area contributed by atoms with E-state index < -0.39 is 17.4 Å². The molecule has 1 saturated heterocycles. The number of ether oxygens (including phenoxy) is 4. The highest BCUT2D eigenvalue weighted by molar-refractivity contribution is 5.70. The second-order valence-corrected chi connectivity index (χ2v) is 18.1. The van der Waals surface area contributed by atoms with E-state index in [9.17, 15) is 9.90 Å². The predicted molar refractivity (Wildman–Crippen MR) is 201 cm³/mol. The molecule has 3 aromatic carbocycles. The molecule has 10 rings (SSSR count). The summed E-state index contributed by atoms with van der Waals surface area (Å²) in [5, 5.41) is 12.5. The lowest BCUT2D eigenvalue weighted by Gasteiger charge is -2.75. The zero-order valence-corrected chi connectivity index (χ0v) is 31.6. The van der Waals surface area contributed by atoms with Crippen LogP contribution in [0.15, 0.2) is 66.7 Å². The number of hydrogen-bond donors (Lipinski definition) is 1. The molecule has 7 atom stereocenters. The Kier molecular flexibility index (Phi) is 7.97. The number of aryl methyl sites for hydroxylation is 1. The lowest BCUT2D eigenvalue weighted by Crippen LogP contribution is -2.83. The van der Waals surface area contributed by atoms with Crippen LogP contribution >= 0.6 is 0 Å². The van der Waals surface area contributed by atoms with Gasteiger partial charge in [0.05, 0.1) is 12.2 Å². The maximum absolute atomic E-state index is 13.3. The van der Waals surface area contributed by atoms with Crippen LogP contribution in [-0.4, -0.2) is 66.3 Å². The first-order chi connectivity index (χ1) is 24.9. The quantitative estimate of drug-likeness (QED) is 0.129. The summed E-state index contributed by atoms with van der Waals surface area (Å²) in [5.74, 6) is 1.82. The molecule has 1 N–H and O–H groups in total. The van der Waals surface area contributed by atoms with Crippen molar-refractivity contribution in [2.75, 3.05) is 26.8 Å². The Morgan fingerprint density at radius 3 is 2.42 bits per heavy atom. The van der Waals surface area contributed by atoms with Crippen molar-refractivity contribution in [1.29, 1.82) is 0 Å². The first-order valence-corrected chi connectivity index (χ1v) is 19.8. The molecule has 0 aromatic heterocycles. The average Bonchev–Trinajstić information content (AvgIpc) is 3.88. The van der Waals surface area contributed by atoms with Gasteiger partial charge in [-0.2, -0.15) is 0 Å². The van der Waals surface area contributed by atoms with Crippen molar-refractivity contribution in [3.8, 4) is 22.6 Å². The van der Waals surface area contributed by atoms with E-state index in [-0.39, 0.29) is 34.9 Å². The van der Waals surface area contributed by atoms with Gasteiger partial charge in [-0.3, -0.25) is 4.90 Å². The molecule has 7 unspecified atom stereocenters. The molecule has 5 aliphatic carbocycles. The molecule has 7 heteroatoms. The summed E-state index contributed by atoms with van der Waals surface area (Å²) in [4.78, 5) is 16.1. The van der Waals surface area contributed by atoms with Crippen LogP contribution < -0.4 is 9.47 Å². The van der Waals surface area contributed by atoms with Gasteiger partial charge in [0.1, 0.15) is 11.7 Å². The van der Waals surface area contributed by atoms with Crippen molar-refractivity contribution in [1.82, 2.24) is 4.90 Å². The molecule has 0 radical (unpaired) electrons. The van der Waals surface area contributed by atoms with Crippen molar-refractivity contribution in [2.45, 2.75) is 114 Å². The number of methoxy groups -OCH3 is 1. The standard InChI is InChI=1S/C45H55NO6/c1-41(2,3)42(4,48)35-27-43-21-22-45(35,49-5)39-44(43)23-24-46(28-30-13-14-30)36(43)26-33-19-20-34(38(52-39)37(33)44)51-40(47)50-25-9-10-29-15-17-32(18-16-29)31-11-7-6-8-12-31/h6-8,11-12,15-20,30,35-36,39,48H,9-10,13-14,21-28H2,1-5H3. The smallest absolute Gasteiger partial charge is 0.482 e. The predicted octanol–water partition coefficient (Wildman–Crippen LogP) is 8.52. The van der Waals surface area contributed by atoms with Crippen LogP contribution in [0.1, 0.15) is 89.3 Å². The molecular weight excluding hydrogens is 650 g/mol. The zero-order valence-electron chi connectivity index (χ0n) is 31.6. The van der Waals surface area contributed by atoms with Gasteiger partial charge in [-0.05, 0) is 111 Å². The maximum atomic E-state index is 13.3. The normalized spacial score (nSPS) is 32.5. The monoisotopic (exact) mass is 705 g/mol. The summed E-state index contributed by atoms with van der Waals surface area (Å²) in [7, 11) is 1.82. The minimum absolute atomic E-state index is 0.0678. The first-order valence-electron chi connectivity index (χ1n) is 19.8. The van der Waals surface area contributed by atoms with Gasteiger partial charge >= 0.3 is 6.16 Å². The Balaban J connectivity index is 0.978. The number of piperidine rings is 1. The molecule has 52 heavy (non-hydrogen) atoms. The number of nitrogens with zero attached hydrogens (tertiary/aromatic N) is 1. The van der Waals surface area contributed by atoms with E-state index in [1.807, 2.05) is 26.2 Å². The number of benzene rings is 3. The molecule has 0 amide bonds. The van der Waals surface area contributed by atoms with E-state index in [0.717, 1.165) is 57.5 Å². The highest BCUT2D eigenvalue weighted by atomic mass is 16.7. The van der Waals surface area contributed by atoms with E-state index in [1.165, 1.54) is 40.7 Å². The van der Waals surface area contributed by atoms with Crippen molar-refractivity contribution in [2.24, 2.45) is 22.7 Å². The Labute approximate surface area is 309 Å². The van der Waals surface area contributed by atoms with Crippen LogP contribution in [0.4, 0.5) is 4.79 Å². The minimum Gasteiger partial charge on any atom is -0.482 e. The zero-order chi connectivity index (χ0) is 36.1. The molecule has 2 spiro atoms. The van der Waals surface area contributed by atoms with Crippen molar-refractivity contribution in [3.63, 3.8) is 0 Å². The van der Waals surface area contributed by atoms with Crippen LogP contribution in [-0.2, 0) is 27.7 Å². The van der Waals surface area contributed by atoms with Crippen LogP contribution in [0.5, 0.6) is 11.5 Å². The van der Waals surface area contributed by atoms with Gasteiger partial charge in [0.25, 0.3) is 0 Å². The SMILES string of the molecule is COC12CCC3(CC1C(C)(O)C(C)(C)C)C1Cc4ccc(OC(=O)OCCCc5ccc(-c6ccccc6)cc5)c5c4C3(CCN1CC1CC1)C2O5. The molecule has 4 saturated carbocycles. The number of likely N-dealkylation sites (tertiary alicyclic amines) is 1. The number of fused-ring (bicyclic) bond motifs is 2. The third-order valence-corrected chi connectivity index (χ3v) is 14.9. The largest absolute Gasteiger partial charge is 0.513 e. The van der Waals surface area contributed by atoms with Gasteiger partial charge in [-0.25, -0.2) is 4.79 Å². The van der Waals surface area contributed by atoms with Crippen molar-refractivity contribution >= 4 is 6.16 Å². The lowest BCUT2D eigenvalue weighted by molar-refractivity contribution is -0.312. The number of carbonyl (C=O) groups excluding carboxylic acids is 1. The fourth-order valence-electron chi connectivity index (χ4n) is 11.7. The summed E-state index contributed by atoms with van der Waals surface area (Å²) >= 11 is 0. The van der Waals surface area contributed by atoms with Crippen LogP contribution in [0.3, 0.4) is 0 Å². The third-order valence-electron chi connectivity index (χ3n) is 14.9. The molecule has 2 aliphatic heterocycles. The van der Waals surface area contributed by atoms with Gasteiger partial charge in [0, 0.05) is 42.0 Å². The van der Waals surface area contributed by atoms with Crippen LogP contribution in [0.2, 0.25) is 0 Å². The van der Waals surface area contributed by atoms with Crippen molar-refractivity contribution in [3.05, 3.63) is 83.4 Å². The summed E-state index contributed by atoms with van der Waals surface area (Å²) in [6.07, 6.45) is 7.92. The van der Waals surface area contributed by atoms with Gasteiger partial charge in [-0.15, -0.1) is 0 Å². The topological polar surface area (TPSA) is 77.5 Å². The molecule has 4 bridgehead atoms. The number of aliphatic hydroxyl groups is 1. The Morgan fingerprint density at radius 1 is 0.962 bits per heavy atom.